The summed E-state index contributed by atoms with van der Waals surface area (Å²) in [6, 6.07) is 0. The van der Waals surface area contributed by atoms with Crippen molar-refractivity contribution in [3.63, 3.8) is 0 Å². The first-order valence-electron chi connectivity index (χ1n) is 7.60. The van der Waals surface area contributed by atoms with Gasteiger partial charge in [-0.15, -0.1) is 6.58 Å². The molecule has 0 radical (unpaired) electrons. The molecular formula is C16H32O. The van der Waals surface area contributed by atoms with E-state index in [-0.39, 0.29) is 0 Å². The summed E-state index contributed by atoms with van der Waals surface area (Å²) < 4.78 is 5.63. The second-order valence-electron chi connectivity index (χ2n) is 4.87. The third-order valence-electron chi connectivity index (χ3n) is 3.09. The van der Waals surface area contributed by atoms with Crippen LogP contribution in [-0.4, -0.2) is 13.2 Å². The van der Waals surface area contributed by atoms with Crippen LogP contribution in [0.15, 0.2) is 12.7 Å². The lowest BCUT2D eigenvalue weighted by molar-refractivity contribution is 0.125. The molecule has 0 fully saturated rings. The van der Waals surface area contributed by atoms with Gasteiger partial charge in [-0.3, -0.25) is 0 Å². The molecular weight excluding hydrogens is 208 g/mol. The Balaban J connectivity index is 2.87. The summed E-state index contributed by atoms with van der Waals surface area (Å²) in [7, 11) is 0. The Kier molecular flexibility index (Phi) is 15.4. The van der Waals surface area contributed by atoms with Crippen molar-refractivity contribution in [2.24, 2.45) is 0 Å². The number of unbranched alkanes of at least 4 members (excludes halogenated alkanes) is 9. The topological polar surface area (TPSA) is 9.23 Å². The normalized spacial score (nSPS) is 10.6. The lowest BCUT2D eigenvalue weighted by Gasteiger charge is -2.04. The molecule has 0 unspecified atom stereocenters. The minimum absolute atomic E-state index is 0.961. The van der Waals surface area contributed by atoms with Crippen LogP contribution in [-0.2, 0) is 4.74 Å². The molecule has 0 N–H and O–H groups in total. The molecule has 0 aromatic rings. The highest BCUT2D eigenvalue weighted by Gasteiger charge is 1.92. The Bertz CT molecular complexity index is 142. The quantitative estimate of drug-likeness (QED) is 0.288. The van der Waals surface area contributed by atoms with Crippen molar-refractivity contribution in [2.45, 2.75) is 77.6 Å². The number of hydrogen-bond donors (Lipinski definition) is 0. The minimum atomic E-state index is 0.961. The van der Waals surface area contributed by atoms with Gasteiger partial charge in [0.1, 0.15) is 0 Å². The van der Waals surface area contributed by atoms with E-state index >= 15 is 0 Å². The maximum absolute atomic E-state index is 5.63. The number of ether oxygens (including phenoxy) is 1. The fourth-order valence-corrected chi connectivity index (χ4v) is 1.93. The van der Waals surface area contributed by atoms with Gasteiger partial charge in [0.05, 0.1) is 0 Å². The van der Waals surface area contributed by atoms with Crippen LogP contribution in [0.2, 0.25) is 0 Å². The predicted molar refractivity (Wildman–Crippen MR) is 77.5 cm³/mol. The van der Waals surface area contributed by atoms with Crippen LogP contribution in [0.3, 0.4) is 0 Å². The first kappa shape index (κ1) is 16.7. The molecule has 1 heteroatoms. The van der Waals surface area contributed by atoms with Crippen molar-refractivity contribution in [3.8, 4) is 0 Å². The van der Waals surface area contributed by atoms with Gasteiger partial charge in [0.25, 0.3) is 0 Å². The third-order valence-corrected chi connectivity index (χ3v) is 3.09. The Morgan fingerprint density at radius 3 is 1.88 bits per heavy atom. The van der Waals surface area contributed by atoms with E-state index in [0.717, 1.165) is 13.2 Å². The van der Waals surface area contributed by atoms with Gasteiger partial charge in [-0.1, -0.05) is 57.9 Å². The second-order valence-corrected chi connectivity index (χ2v) is 4.87. The fourth-order valence-electron chi connectivity index (χ4n) is 1.93. The highest BCUT2D eigenvalue weighted by molar-refractivity contribution is 4.65. The molecule has 0 heterocycles. The summed E-state index contributed by atoms with van der Waals surface area (Å²) in [5, 5.41) is 0. The van der Waals surface area contributed by atoms with Crippen molar-refractivity contribution in [1.82, 2.24) is 0 Å². The molecule has 0 aliphatic carbocycles. The summed E-state index contributed by atoms with van der Waals surface area (Å²) in [5.41, 5.74) is 0. The van der Waals surface area contributed by atoms with E-state index < -0.39 is 0 Å². The number of hydrogen-bond acceptors (Lipinski definition) is 1. The van der Waals surface area contributed by atoms with E-state index in [4.69, 9.17) is 4.74 Å². The minimum Gasteiger partial charge on any atom is -0.381 e. The van der Waals surface area contributed by atoms with E-state index in [1.807, 2.05) is 6.08 Å². The smallest absolute Gasteiger partial charge is 0.0466 e. The molecule has 1 nitrogen and oxygen atoms in total. The van der Waals surface area contributed by atoms with Crippen LogP contribution in [0.5, 0.6) is 0 Å². The van der Waals surface area contributed by atoms with Gasteiger partial charge in [-0.05, 0) is 25.7 Å². The molecule has 0 amide bonds. The second kappa shape index (κ2) is 15.7. The summed E-state index contributed by atoms with van der Waals surface area (Å²) >= 11 is 0. The van der Waals surface area contributed by atoms with E-state index in [9.17, 15) is 0 Å². The molecule has 0 bridgehead atoms. The van der Waals surface area contributed by atoms with Crippen molar-refractivity contribution in [3.05, 3.63) is 12.7 Å². The first-order chi connectivity index (χ1) is 8.41. The summed E-state index contributed by atoms with van der Waals surface area (Å²) in [5.74, 6) is 0. The average molecular weight is 240 g/mol. The number of allylic oxidation sites excluding steroid dienone is 1. The van der Waals surface area contributed by atoms with Crippen molar-refractivity contribution in [2.75, 3.05) is 13.2 Å². The van der Waals surface area contributed by atoms with Crippen LogP contribution in [0.1, 0.15) is 77.6 Å². The largest absolute Gasteiger partial charge is 0.381 e. The van der Waals surface area contributed by atoms with E-state index in [1.165, 1.54) is 70.6 Å². The molecule has 0 spiro atoms. The maximum Gasteiger partial charge on any atom is 0.0466 e. The van der Waals surface area contributed by atoms with Gasteiger partial charge in [-0.2, -0.15) is 0 Å². The predicted octanol–water partition coefficient (Wildman–Crippen LogP) is 5.50. The van der Waals surface area contributed by atoms with Crippen LogP contribution >= 0.6 is 0 Å². The lowest BCUT2D eigenvalue weighted by atomic mass is 10.1. The Morgan fingerprint density at radius 2 is 1.29 bits per heavy atom. The Labute approximate surface area is 109 Å². The van der Waals surface area contributed by atoms with Crippen LogP contribution in [0.25, 0.3) is 0 Å². The molecule has 0 aliphatic rings. The fraction of sp³-hybridized carbons (Fsp3) is 0.875. The van der Waals surface area contributed by atoms with Gasteiger partial charge in [0.15, 0.2) is 0 Å². The molecule has 0 saturated carbocycles. The SMILES string of the molecule is C=CCCCCCCOCCCCCCCC. The molecule has 0 rings (SSSR count). The van der Waals surface area contributed by atoms with E-state index in [2.05, 4.69) is 13.5 Å². The molecule has 17 heavy (non-hydrogen) atoms. The average Bonchev–Trinajstić information content (AvgIpc) is 2.35. The zero-order valence-electron chi connectivity index (χ0n) is 11.9. The highest BCUT2D eigenvalue weighted by atomic mass is 16.5. The highest BCUT2D eigenvalue weighted by Crippen LogP contribution is 2.06. The monoisotopic (exact) mass is 240 g/mol. The van der Waals surface area contributed by atoms with Gasteiger partial charge in [0.2, 0.25) is 0 Å². The molecule has 102 valence electrons. The Hall–Kier alpha value is -0.300. The summed E-state index contributed by atoms with van der Waals surface area (Å²) in [6.45, 7) is 7.92. The maximum atomic E-state index is 5.63. The number of rotatable bonds is 14. The first-order valence-corrected chi connectivity index (χ1v) is 7.60. The molecule has 0 aromatic carbocycles. The lowest BCUT2D eigenvalue weighted by Crippen LogP contribution is -1.97. The van der Waals surface area contributed by atoms with Crippen LogP contribution in [0.4, 0.5) is 0 Å². The molecule has 0 aliphatic heterocycles. The zero-order valence-corrected chi connectivity index (χ0v) is 11.9. The van der Waals surface area contributed by atoms with Gasteiger partial charge < -0.3 is 4.74 Å². The van der Waals surface area contributed by atoms with Crippen molar-refractivity contribution >= 4 is 0 Å². The van der Waals surface area contributed by atoms with E-state index in [1.54, 1.807) is 0 Å². The van der Waals surface area contributed by atoms with Crippen LogP contribution in [0, 0.1) is 0 Å². The third kappa shape index (κ3) is 15.7. The standard InChI is InChI=1S/C16H32O/c1-3-5-7-9-11-13-15-17-16-14-12-10-8-6-4-2/h3H,1,4-16H2,2H3. The van der Waals surface area contributed by atoms with Gasteiger partial charge in [0, 0.05) is 13.2 Å². The van der Waals surface area contributed by atoms with Crippen molar-refractivity contribution in [1.29, 1.82) is 0 Å². The summed E-state index contributed by atoms with van der Waals surface area (Å²) in [6.07, 6.45) is 16.4. The van der Waals surface area contributed by atoms with Gasteiger partial charge in [-0.25, -0.2) is 0 Å². The molecule has 0 saturated heterocycles. The zero-order chi connectivity index (χ0) is 12.6. The molecule has 0 aromatic heterocycles. The van der Waals surface area contributed by atoms with E-state index in [0.29, 0.717) is 0 Å². The molecule has 0 atom stereocenters. The Morgan fingerprint density at radius 1 is 0.765 bits per heavy atom. The van der Waals surface area contributed by atoms with Crippen LogP contribution < -0.4 is 0 Å². The van der Waals surface area contributed by atoms with Gasteiger partial charge >= 0.3 is 0 Å². The van der Waals surface area contributed by atoms with Crippen molar-refractivity contribution < 1.29 is 4.74 Å². The summed E-state index contributed by atoms with van der Waals surface area (Å²) in [4.78, 5) is 0.